The van der Waals surface area contributed by atoms with Crippen LogP contribution in [0.25, 0.3) is 0 Å². The van der Waals surface area contributed by atoms with Crippen LogP contribution in [0.15, 0.2) is 99.6 Å². The van der Waals surface area contributed by atoms with Gasteiger partial charge in [0.2, 0.25) is 0 Å². The van der Waals surface area contributed by atoms with Crippen molar-refractivity contribution in [2.45, 2.75) is 20.9 Å². The topological polar surface area (TPSA) is 17.1 Å². The van der Waals surface area contributed by atoms with Crippen molar-refractivity contribution in [3.05, 3.63) is 90.5 Å². The molecule has 0 N–H and O–H groups in total. The Balaban J connectivity index is 2.18. The predicted molar refractivity (Wildman–Crippen MR) is 88.7 cm³/mol. The van der Waals surface area contributed by atoms with Crippen LogP contribution in [0.1, 0.15) is 5.56 Å². The highest BCUT2D eigenvalue weighted by Gasteiger charge is 2.31. The molecule has 5 heteroatoms. The molecule has 0 atom stereocenters. The van der Waals surface area contributed by atoms with Gasteiger partial charge in [-0.05, 0) is 58.5 Å². The fourth-order valence-corrected chi connectivity index (χ4v) is 5.23. The lowest BCUT2D eigenvalue weighted by Gasteiger charge is -2.25. The minimum Gasteiger partial charge on any atom is -0.271 e. The van der Waals surface area contributed by atoms with Gasteiger partial charge in [0.25, 0.3) is 0 Å². The van der Waals surface area contributed by atoms with Crippen molar-refractivity contribution in [1.82, 2.24) is 0 Å². The van der Waals surface area contributed by atoms with Gasteiger partial charge in [-0.15, -0.1) is 0 Å². The molecule has 3 aromatic rings. The Morgan fingerprint density at radius 2 is 0.958 bits per heavy atom. The largest absolute Gasteiger partial charge is 0.416 e. The third-order valence-corrected chi connectivity index (χ3v) is 6.87. The zero-order valence-corrected chi connectivity index (χ0v) is 13.5. The maximum Gasteiger partial charge on any atom is 0.416 e. The molecule has 0 aliphatic carbocycles. The summed E-state index contributed by atoms with van der Waals surface area (Å²) in [5.74, 6) is 0. The fraction of sp³-hybridized carbons (Fsp3) is 0.0526. The van der Waals surface area contributed by atoms with E-state index < -0.39 is 21.7 Å². The van der Waals surface area contributed by atoms with Gasteiger partial charge in [-0.2, -0.15) is 13.2 Å². The van der Waals surface area contributed by atoms with Gasteiger partial charge < -0.3 is 0 Å². The van der Waals surface area contributed by atoms with Crippen LogP contribution in [0.3, 0.4) is 0 Å². The summed E-state index contributed by atoms with van der Waals surface area (Å²) in [5.41, 5.74) is -0.751. The molecule has 0 amide bonds. The van der Waals surface area contributed by atoms with Crippen molar-refractivity contribution >= 4 is 9.93 Å². The summed E-state index contributed by atoms with van der Waals surface area (Å²) in [5, 5.41) is 0. The molecule has 24 heavy (non-hydrogen) atoms. The van der Waals surface area contributed by atoms with E-state index in [1.807, 2.05) is 12.1 Å². The van der Waals surface area contributed by atoms with E-state index in [2.05, 4.69) is 0 Å². The van der Waals surface area contributed by atoms with Crippen molar-refractivity contribution < 1.29 is 17.4 Å². The van der Waals surface area contributed by atoms with Crippen molar-refractivity contribution in [3.8, 4) is 0 Å². The van der Waals surface area contributed by atoms with Crippen LogP contribution in [0.4, 0.5) is 13.2 Å². The molecule has 0 saturated heterocycles. The minimum atomic E-state index is -4.41. The lowest BCUT2D eigenvalue weighted by atomic mass is 10.2. The molecule has 0 heterocycles. The average Bonchev–Trinajstić information content (AvgIpc) is 2.62. The molecule has 0 aliphatic rings. The van der Waals surface area contributed by atoms with Crippen LogP contribution in [0, 0.1) is 0 Å². The quantitative estimate of drug-likeness (QED) is 0.644. The lowest BCUT2D eigenvalue weighted by Crippen LogP contribution is -2.14. The van der Waals surface area contributed by atoms with Crippen LogP contribution in [-0.4, -0.2) is 4.21 Å². The number of halogens is 3. The monoisotopic (exact) mass is 348 g/mol. The normalized spacial score (nSPS) is 12.8. The number of thiol groups is 1. The van der Waals surface area contributed by atoms with E-state index in [0.29, 0.717) is 14.7 Å². The number of benzene rings is 3. The number of rotatable bonds is 3. The molecular weight excluding hydrogens is 333 g/mol. The predicted octanol–water partition coefficient (Wildman–Crippen LogP) is 5.20. The molecule has 0 aromatic heterocycles. The Bertz CT molecular complexity index is 813. The van der Waals surface area contributed by atoms with Gasteiger partial charge in [0.05, 0.1) is 5.56 Å². The van der Waals surface area contributed by atoms with E-state index in [9.17, 15) is 17.4 Å². The van der Waals surface area contributed by atoms with Gasteiger partial charge >= 0.3 is 6.18 Å². The van der Waals surface area contributed by atoms with Crippen molar-refractivity contribution in [1.29, 1.82) is 0 Å². The van der Waals surface area contributed by atoms with Crippen LogP contribution >= 0.6 is 0 Å². The minimum absolute atomic E-state index is 0.382. The molecule has 0 radical (unpaired) electrons. The number of alkyl halides is 3. The van der Waals surface area contributed by atoms with Gasteiger partial charge in [0, 0.05) is 14.7 Å². The second-order valence-corrected chi connectivity index (χ2v) is 8.09. The van der Waals surface area contributed by atoms with Gasteiger partial charge in [-0.1, -0.05) is 36.4 Å². The molecule has 124 valence electrons. The summed E-state index contributed by atoms with van der Waals surface area (Å²) in [6.45, 7) is 0. The zero-order chi connectivity index (χ0) is 17.2. The molecule has 1 nitrogen and oxygen atoms in total. The van der Waals surface area contributed by atoms with Crippen molar-refractivity contribution in [2.75, 3.05) is 0 Å². The molecule has 0 saturated carbocycles. The second kappa shape index (κ2) is 6.24. The summed E-state index contributed by atoms with van der Waals surface area (Å²) in [4.78, 5) is 1.57. The molecule has 3 aromatic carbocycles. The average molecular weight is 348 g/mol. The third-order valence-electron chi connectivity index (χ3n) is 3.80. The first-order valence-electron chi connectivity index (χ1n) is 7.31. The highest BCUT2D eigenvalue weighted by molar-refractivity contribution is 8.03. The van der Waals surface area contributed by atoms with E-state index in [1.165, 1.54) is 12.1 Å². The first-order chi connectivity index (χ1) is 11.4. The van der Waals surface area contributed by atoms with E-state index in [-0.39, 0.29) is 0 Å². The van der Waals surface area contributed by atoms with E-state index >= 15 is 0 Å². The first kappa shape index (κ1) is 16.5. The molecule has 0 aliphatic heterocycles. The molecule has 0 fully saturated rings. The zero-order valence-electron chi connectivity index (χ0n) is 12.6. The molecular formula is C19H15F3OS. The molecule has 0 unspecified atom stereocenters. The lowest BCUT2D eigenvalue weighted by molar-refractivity contribution is -0.137. The number of hydrogen-bond donors (Lipinski definition) is 1. The SMILES string of the molecule is O=[SH](c1ccccc1)(c1ccccc1)c1ccc(C(F)(F)F)cc1. The summed E-state index contributed by atoms with van der Waals surface area (Å²) in [7, 11) is -3.22. The van der Waals surface area contributed by atoms with E-state index in [4.69, 9.17) is 0 Å². The van der Waals surface area contributed by atoms with Gasteiger partial charge in [-0.25, -0.2) is 0 Å². The molecule has 0 spiro atoms. The Kier molecular flexibility index (Phi) is 4.28. The van der Waals surface area contributed by atoms with E-state index in [0.717, 1.165) is 12.1 Å². The summed E-state index contributed by atoms with van der Waals surface area (Å²) in [6.07, 6.45) is -4.41. The standard InChI is InChI=1S/C19H15F3OS/c20-19(21,22)15-11-13-18(14-12-15)24(23,16-7-3-1-4-8-16)17-9-5-2-6-10-17/h1-14,24H. The van der Waals surface area contributed by atoms with Gasteiger partial charge in [0.1, 0.15) is 0 Å². The van der Waals surface area contributed by atoms with Crippen molar-refractivity contribution in [3.63, 3.8) is 0 Å². The highest BCUT2D eigenvalue weighted by atomic mass is 32.2. The molecule has 3 rings (SSSR count). The first-order valence-corrected chi connectivity index (χ1v) is 9.02. The van der Waals surface area contributed by atoms with Crippen molar-refractivity contribution in [2.24, 2.45) is 0 Å². The Hall–Kier alpha value is -2.40. The third kappa shape index (κ3) is 2.99. The number of hydrogen-bond acceptors (Lipinski definition) is 1. The van der Waals surface area contributed by atoms with Crippen LogP contribution in [0.5, 0.6) is 0 Å². The van der Waals surface area contributed by atoms with E-state index in [1.54, 1.807) is 48.5 Å². The van der Waals surface area contributed by atoms with Crippen LogP contribution < -0.4 is 0 Å². The van der Waals surface area contributed by atoms with Crippen LogP contribution in [-0.2, 0) is 16.1 Å². The van der Waals surface area contributed by atoms with Gasteiger partial charge in [0.15, 0.2) is 0 Å². The maximum absolute atomic E-state index is 13.9. The summed E-state index contributed by atoms with van der Waals surface area (Å²) in [6, 6.07) is 22.3. The van der Waals surface area contributed by atoms with Crippen LogP contribution in [0.2, 0.25) is 0 Å². The molecule has 0 bridgehead atoms. The summed E-state index contributed by atoms with van der Waals surface area (Å²) >= 11 is 0. The Morgan fingerprint density at radius 3 is 1.33 bits per heavy atom. The summed E-state index contributed by atoms with van der Waals surface area (Å²) < 4.78 is 52.3. The smallest absolute Gasteiger partial charge is 0.271 e. The highest BCUT2D eigenvalue weighted by Crippen LogP contribution is 2.37. The second-order valence-electron chi connectivity index (χ2n) is 5.33. The fourth-order valence-electron chi connectivity index (χ4n) is 2.58. The maximum atomic E-state index is 13.9. The Morgan fingerprint density at radius 1 is 0.583 bits per heavy atom. The Labute approximate surface area is 139 Å². The van der Waals surface area contributed by atoms with Gasteiger partial charge in [-0.3, -0.25) is 4.21 Å².